The van der Waals surface area contributed by atoms with Crippen LogP contribution in [0.5, 0.6) is 0 Å². The van der Waals surface area contributed by atoms with Gasteiger partial charge in [0.2, 0.25) is 11.8 Å². The molecule has 2 aromatic rings. The van der Waals surface area contributed by atoms with Crippen molar-refractivity contribution in [1.82, 2.24) is 9.80 Å². The van der Waals surface area contributed by atoms with Gasteiger partial charge in [-0.05, 0) is 49.4 Å². The van der Waals surface area contributed by atoms with E-state index in [0.29, 0.717) is 37.4 Å². The highest BCUT2D eigenvalue weighted by atomic mass is 16.2. The number of hydrogen-bond donors (Lipinski definition) is 1. The Morgan fingerprint density at radius 3 is 2.17 bits per heavy atom. The quantitative estimate of drug-likeness (QED) is 0.681. The lowest BCUT2D eigenvalue weighted by Crippen LogP contribution is -2.50. The largest absolute Gasteiger partial charge is 0.367 e. The number of rotatable bonds is 6. The summed E-state index contributed by atoms with van der Waals surface area (Å²) < 4.78 is 0. The molecular weight excluding hydrogens is 440 g/mol. The summed E-state index contributed by atoms with van der Waals surface area (Å²) in [7, 11) is 0. The van der Waals surface area contributed by atoms with E-state index in [1.807, 2.05) is 52.3 Å². The van der Waals surface area contributed by atoms with Gasteiger partial charge in [0.05, 0.1) is 11.5 Å². The summed E-state index contributed by atoms with van der Waals surface area (Å²) in [5.41, 5.74) is 3.18. The minimum atomic E-state index is -0.162. The smallest absolute Gasteiger partial charge is 0.256 e. The van der Waals surface area contributed by atoms with Crippen LogP contribution in [0.25, 0.3) is 0 Å². The van der Waals surface area contributed by atoms with E-state index in [-0.39, 0.29) is 23.6 Å². The van der Waals surface area contributed by atoms with E-state index in [1.54, 1.807) is 6.07 Å². The first-order chi connectivity index (χ1) is 17.0. The number of piperidine rings is 1. The Labute approximate surface area is 208 Å². The van der Waals surface area contributed by atoms with Crippen molar-refractivity contribution in [2.45, 2.75) is 45.4 Å². The summed E-state index contributed by atoms with van der Waals surface area (Å²) >= 11 is 0. The Kier molecular flexibility index (Phi) is 8.06. The van der Waals surface area contributed by atoms with Gasteiger partial charge in [0.25, 0.3) is 5.91 Å². The van der Waals surface area contributed by atoms with Crippen LogP contribution in [-0.2, 0) is 9.59 Å². The molecule has 7 heteroatoms. The molecule has 0 saturated carbocycles. The normalized spacial score (nSPS) is 17.1. The van der Waals surface area contributed by atoms with Gasteiger partial charge < -0.3 is 20.0 Å². The van der Waals surface area contributed by atoms with Gasteiger partial charge in [0, 0.05) is 57.6 Å². The van der Waals surface area contributed by atoms with Crippen LogP contribution in [0, 0.1) is 0 Å². The van der Waals surface area contributed by atoms with E-state index in [4.69, 9.17) is 0 Å². The maximum atomic E-state index is 13.5. The van der Waals surface area contributed by atoms with Gasteiger partial charge in [-0.1, -0.05) is 37.3 Å². The number of nitrogens with one attached hydrogen (secondary N) is 1. The van der Waals surface area contributed by atoms with Crippen LogP contribution in [0.1, 0.15) is 61.4 Å². The second-order valence-corrected chi connectivity index (χ2v) is 9.45. The monoisotopic (exact) mass is 476 g/mol. The van der Waals surface area contributed by atoms with Gasteiger partial charge >= 0.3 is 0 Å². The first-order valence-corrected chi connectivity index (χ1v) is 12.8. The number of piperazine rings is 1. The van der Waals surface area contributed by atoms with E-state index in [2.05, 4.69) is 17.1 Å². The number of nitrogens with zero attached hydrogens (tertiary/aromatic N) is 3. The maximum absolute atomic E-state index is 13.5. The minimum absolute atomic E-state index is 0.0144. The fourth-order valence-electron chi connectivity index (χ4n) is 5.16. The molecule has 2 heterocycles. The Balaban J connectivity index is 1.50. The highest BCUT2D eigenvalue weighted by Crippen LogP contribution is 2.29. The van der Waals surface area contributed by atoms with Gasteiger partial charge in [0.1, 0.15) is 0 Å². The number of carbonyl (C=O) groups excluding carboxylic acids is 3. The average molecular weight is 477 g/mol. The molecule has 0 radical (unpaired) electrons. The Hall–Kier alpha value is -3.35. The zero-order valence-electron chi connectivity index (χ0n) is 20.8. The van der Waals surface area contributed by atoms with E-state index in [9.17, 15) is 14.4 Å². The van der Waals surface area contributed by atoms with Gasteiger partial charge in [-0.25, -0.2) is 0 Å². The standard InChI is InChI=1S/C28H36N4O3/c1-3-24(22-10-6-4-7-11-22)27(34)32-18-16-30(17-19-32)26-13-12-23(29-21(2)33)20-25(26)28(35)31-14-8-5-9-15-31/h4,6-7,10-13,20,24H,3,5,8-9,14-19H2,1-2H3,(H,29,33). The molecule has 2 aliphatic rings. The Bertz CT molecular complexity index is 1040. The van der Waals surface area contributed by atoms with Gasteiger partial charge in [-0.15, -0.1) is 0 Å². The summed E-state index contributed by atoms with van der Waals surface area (Å²) in [6.07, 6.45) is 3.96. The fraction of sp³-hybridized carbons (Fsp3) is 0.464. The minimum Gasteiger partial charge on any atom is -0.367 e. The third kappa shape index (κ3) is 5.84. The van der Waals surface area contributed by atoms with Gasteiger partial charge in [-0.3, -0.25) is 14.4 Å². The van der Waals surface area contributed by atoms with Crippen LogP contribution in [0.4, 0.5) is 11.4 Å². The highest BCUT2D eigenvalue weighted by molar-refractivity contribution is 6.02. The molecule has 0 bridgehead atoms. The number of hydrogen-bond acceptors (Lipinski definition) is 4. The summed E-state index contributed by atoms with van der Waals surface area (Å²) in [6, 6.07) is 15.6. The molecule has 4 rings (SSSR count). The van der Waals surface area contributed by atoms with Crippen LogP contribution < -0.4 is 10.2 Å². The molecule has 0 aromatic heterocycles. The SMILES string of the molecule is CCC(C(=O)N1CCN(c2ccc(NC(C)=O)cc2C(=O)N2CCCCC2)CC1)c1ccccc1. The van der Waals surface area contributed by atoms with Gasteiger partial charge in [0.15, 0.2) is 0 Å². The fourth-order valence-corrected chi connectivity index (χ4v) is 5.16. The van der Waals surface area contributed by atoms with Crippen molar-refractivity contribution in [3.63, 3.8) is 0 Å². The van der Waals surface area contributed by atoms with Crippen molar-refractivity contribution in [2.75, 3.05) is 49.5 Å². The van der Waals surface area contributed by atoms with Crippen LogP contribution in [0.3, 0.4) is 0 Å². The summed E-state index contributed by atoms with van der Waals surface area (Å²) in [4.78, 5) is 44.5. The maximum Gasteiger partial charge on any atom is 0.256 e. The Morgan fingerprint density at radius 1 is 0.857 bits per heavy atom. The van der Waals surface area contributed by atoms with Crippen LogP contribution >= 0.6 is 0 Å². The van der Waals surface area contributed by atoms with E-state index in [0.717, 1.165) is 50.0 Å². The predicted molar refractivity (Wildman–Crippen MR) is 139 cm³/mol. The van der Waals surface area contributed by atoms with Crippen LogP contribution in [-0.4, -0.2) is 66.8 Å². The third-order valence-corrected chi connectivity index (χ3v) is 7.03. The molecular formula is C28H36N4O3. The van der Waals surface area contributed by atoms with Crippen LogP contribution in [0.15, 0.2) is 48.5 Å². The molecule has 3 amide bonds. The number of carbonyl (C=O) groups is 3. The van der Waals surface area contributed by atoms with Crippen molar-refractivity contribution >= 4 is 29.1 Å². The summed E-state index contributed by atoms with van der Waals surface area (Å²) in [5.74, 6) is -0.106. The first kappa shape index (κ1) is 24.8. The highest BCUT2D eigenvalue weighted by Gasteiger charge is 2.30. The predicted octanol–water partition coefficient (Wildman–Crippen LogP) is 4.11. The van der Waals surface area contributed by atoms with Crippen molar-refractivity contribution in [3.05, 3.63) is 59.7 Å². The first-order valence-electron chi connectivity index (χ1n) is 12.8. The molecule has 1 atom stereocenters. The van der Waals surface area contributed by atoms with Gasteiger partial charge in [-0.2, -0.15) is 0 Å². The molecule has 35 heavy (non-hydrogen) atoms. The lowest BCUT2D eigenvalue weighted by Gasteiger charge is -2.38. The molecule has 2 saturated heterocycles. The Morgan fingerprint density at radius 2 is 1.54 bits per heavy atom. The molecule has 0 aliphatic carbocycles. The second kappa shape index (κ2) is 11.4. The van der Waals surface area contributed by atoms with E-state index >= 15 is 0 Å². The lowest BCUT2D eigenvalue weighted by molar-refractivity contribution is -0.133. The van der Waals surface area contributed by atoms with Crippen molar-refractivity contribution in [2.24, 2.45) is 0 Å². The van der Waals surface area contributed by atoms with E-state index < -0.39 is 0 Å². The molecule has 1 unspecified atom stereocenters. The average Bonchev–Trinajstić information content (AvgIpc) is 2.89. The number of likely N-dealkylation sites (tertiary alicyclic amines) is 1. The second-order valence-electron chi connectivity index (χ2n) is 9.45. The number of amides is 3. The zero-order valence-corrected chi connectivity index (χ0v) is 20.8. The zero-order chi connectivity index (χ0) is 24.8. The number of anilines is 2. The van der Waals surface area contributed by atoms with Crippen molar-refractivity contribution < 1.29 is 14.4 Å². The molecule has 7 nitrogen and oxygen atoms in total. The van der Waals surface area contributed by atoms with E-state index in [1.165, 1.54) is 6.92 Å². The third-order valence-electron chi connectivity index (χ3n) is 7.03. The van der Waals surface area contributed by atoms with Crippen molar-refractivity contribution in [3.8, 4) is 0 Å². The van der Waals surface area contributed by atoms with Crippen LogP contribution in [0.2, 0.25) is 0 Å². The molecule has 2 aromatic carbocycles. The molecule has 0 spiro atoms. The lowest BCUT2D eigenvalue weighted by atomic mass is 9.94. The summed E-state index contributed by atoms with van der Waals surface area (Å²) in [5, 5.41) is 2.81. The molecule has 186 valence electrons. The number of benzene rings is 2. The van der Waals surface area contributed by atoms with Crippen molar-refractivity contribution in [1.29, 1.82) is 0 Å². The topological polar surface area (TPSA) is 73.0 Å². The molecule has 2 fully saturated rings. The molecule has 1 N–H and O–H groups in total. The summed E-state index contributed by atoms with van der Waals surface area (Å²) in [6.45, 7) is 7.62. The molecule has 2 aliphatic heterocycles.